The molecule has 22 heavy (non-hydrogen) atoms. The largest absolute Gasteiger partial charge is 0.492 e. The first kappa shape index (κ1) is 16.3. The van der Waals surface area contributed by atoms with Crippen LogP contribution in [0.2, 0.25) is 0 Å². The number of rotatable bonds is 8. The lowest BCUT2D eigenvalue weighted by atomic mass is 10.1. The number of benzene rings is 2. The zero-order valence-electron chi connectivity index (χ0n) is 13.5. The van der Waals surface area contributed by atoms with Crippen LogP contribution in [0.15, 0.2) is 60.7 Å². The number of nitrogens with one attached hydrogen (secondary N) is 1. The Morgan fingerprint density at radius 3 is 2.45 bits per heavy atom. The Morgan fingerprint density at radius 2 is 1.77 bits per heavy atom. The van der Waals surface area contributed by atoms with Crippen molar-refractivity contribution in [2.45, 2.75) is 26.3 Å². The van der Waals surface area contributed by atoms with Crippen molar-refractivity contribution in [1.82, 2.24) is 5.32 Å². The van der Waals surface area contributed by atoms with Crippen LogP contribution in [-0.4, -0.2) is 19.2 Å². The molecule has 0 bridgehead atoms. The highest BCUT2D eigenvalue weighted by Gasteiger charge is 2.02. The number of allylic oxidation sites excluding steroid dienone is 1. The van der Waals surface area contributed by atoms with Crippen LogP contribution in [0.5, 0.6) is 5.75 Å². The summed E-state index contributed by atoms with van der Waals surface area (Å²) in [5.74, 6) is 0.922. The van der Waals surface area contributed by atoms with E-state index in [1.165, 1.54) is 11.1 Å². The predicted molar refractivity (Wildman–Crippen MR) is 94.3 cm³/mol. The maximum atomic E-state index is 5.75. The Kier molecular flexibility index (Phi) is 6.72. The Bertz CT molecular complexity index is 560. The van der Waals surface area contributed by atoms with Crippen LogP contribution in [0.4, 0.5) is 0 Å². The lowest BCUT2D eigenvalue weighted by Crippen LogP contribution is -2.31. The third-order valence-electron chi connectivity index (χ3n) is 3.49. The average Bonchev–Trinajstić information content (AvgIpc) is 2.54. The van der Waals surface area contributed by atoms with Gasteiger partial charge in [-0.1, -0.05) is 54.6 Å². The highest BCUT2D eigenvalue weighted by Crippen LogP contribution is 2.13. The van der Waals surface area contributed by atoms with Crippen LogP contribution < -0.4 is 10.1 Å². The van der Waals surface area contributed by atoms with Gasteiger partial charge < -0.3 is 10.1 Å². The molecule has 1 N–H and O–H groups in total. The van der Waals surface area contributed by atoms with E-state index in [0.29, 0.717) is 12.6 Å². The van der Waals surface area contributed by atoms with Gasteiger partial charge in [0, 0.05) is 12.6 Å². The predicted octanol–water partition coefficient (Wildman–Crippen LogP) is 4.32. The quantitative estimate of drug-likeness (QED) is 0.732. The zero-order chi connectivity index (χ0) is 15.6. The molecule has 0 saturated heterocycles. The first-order valence-corrected chi connectivity index (χ1v) is 7.91. The molecule has 2 aromatic rings. The van der Waals surface area contributed by atoms with Crippen LogP contribution in [0.1, 0.15) is 25.0 Å². The lowest BCUT2D eigenvalue weighted by Gasteiger charge is -2.14. The van der Waals surface area contributed by atoms with Crippen molar-refractivity contribution in [3.63, 3.8) is 0 Å². The summed E-state index contributed by atoms with van der Waals surface area (Å²) in [7, 11) is 0. The second-order valence-electron chi connectivity index (χ2n) is 5.46. The molecule has 0 amide bonds. The normalized spacial score (nSPS) is 12.5. The fraction of sp³-hybridized carbons (Fsp3) is 0.300. The molecule has 0 aliphatic heterocycles. The Labute approximate surface area is 133 Å². The molecular weight excluding hydrogens is 270 g/mol. The molecule has 2 heteroatoms. The van der Waals surface area contributed by atoms with E-state index in [0.717, 1.165) is 18.7 Å². The fourth-order valence-electron chi connectivity index (χ4n) is 2.38. The molecule has 1 unspecified atom stereocenters. The van der Waals surface area contributed by atoms with Gasteiger partial charge in [-0.3, -0.25) is 0 Å². The van der Waals surface area contributed by atoms with Gasteiger partial charge in [0.15, 0.2) is 0 Å². The van der Waals surface area contributed by atoms with Crippen molar-refractivity contribution in [1.29, 1.82) is 0 Å². The summed E-state index contributed by atoms with van der Waals surface area (Å²) < 4.78 is 5.75. The standard InChI is InChI=1S/C20H25NO/c1-3-7-18-10-12-20(13-11-18)22-15-14-21-17(2)16-19-8-5-4-6-9-19/h3-13,17,21H,14-16H2,1-2H3/b7-3-. The fourth-order valence-corrected chi connectivity index (χ4v) is 2.38. The van der Waals surface area contributed by atoms with Crippen molar-refractivity contribution >= 4 is 6.08 Å². The molecule has 116 valence electrons. The van der Waals surface area contributed by atoms with Crippen molar-refractivity contribution in [3.8, 4) is 5.75 Å². The molecule has 2 rings (SSSR count). The topological polar surface area (TPSA) is 21.3 Å². The van der Waals surface area contributed by atoms with Crippen molar-refractivity contribution in [2.75, 3.05) is 13.2 Å². The van der Waals surface area contributed by atoms with Gasteiger partial charge in [-0.05, 0) is 43.5 Å². The maximum absolute atomic E-state index is 5.75. The van der Waals surface area contributed by atoms with E-state index in [1.54, 1.807) is 0 Å². The van der Waals surface area contributed by atoms with Gasteiger partial charge in [0.25, 0.3) is 0 Å². The second kappa shape index (κ2) is 9.06. The SMILES string of the molecule is C/C=C\c1ccc(OCCNC(C)Cc2ccccc2)cc1. The van der Waals surface area contributed by atoms with Gasteiger partial charge in [0.1, 0.15) is 12.4 Å². The molecule has 0 radical (unpaired) electrons. The van der Waals surface area contributed by atoms with Gasteiger partial charge in [-0.25, -0.2) is 0 Å². The highest BCUT2D eigenvalue weighted by atomic mass is 16.5. The van der Waals surface area contributed by atoms with Gasteiger partial charge in [0.2, 0.25) is 0 Å². The summed E-state index contributed by atoms with van der Waals surface area (Å²) in [6, 6.07) is 19.2. The van der Waals surface area contributed by atoms with E-state index in [4.69, 9.17) is 4.74 Å². The summed E-state index contributed by atoms with van der Waals surface area (Å²) in [6.45, 7) is 5.76. The minimum Gasteiger partial charge on any atom is -0.492 e. The van der Waals surface area contributed by atoms with Crippen LogP contribution in [0.3, 0.4) is 0 Å². The molecule has 0 aliphatic carbocycles. The molecular formula is C20H25NO. The molecule has 0 aliphatic rings. The maximum Gasteiger partial charge on any atom is 0.119 e. The third-order valence-corrected chi connectivity index (χ3v) is 3.49. The zero-order valence-corrected chi connectivity index (χ0v) is 13.5. The molecule has 1 atom stereocenters. The molecule has 0 saturated carbocycles. The molecule has 0 spiro atoms. The summed E-state index contributed by atoms with van der Waals surface area (Å²) >= 11 is 0. The summed E-state index contributed by atoms with van der Waals surface area (Å²) in [5, 5.41) is 3.50. The van der Waals surface area contributed by atoms with Gasteiger partial charge in [0.05, 0.1) is 0 Å². The van der Waals surface area contributed by atoms with E-state index in [1.807, 2.05) is 25.1 Å². The van der Waals surface area contributed by atoms with Gasteiger partial charge >= 0.3 is 0 Å². The van der Waals surface area contributed by atoms with E-state index in [9.17, 15) is 0 Å². The molecule has 0 aromatic heterocycles. The smallest absolute Gasteiger partial charge is 0.119 e. The summed E-state index contributed by atoms with van der Waals surface area (Å²) in [4.78, 5) is 0. The van der Waals surface area contributed by atoms with E-state index in [-0.39, 0.29) is 0 Å². The van der Waals surface area contributed by atoms with Crippen LogP contribution in [0, 0.1) is 0 Å². The van der Waals surface area contributed by atoms with Crippen LogP contribution in [0.25, 0.3) is 6.08 Å². The van der Waals surface area contributed by atoms with Gasteiger partial charge in [-0.2, -0.15) is 0 Å². The monoisotopic (exact) mass is 295 g/mol. The Hall–Kier alpha value is -2.06. The highest BCUT2D eigenvalue weighted by molar-refractivity contribution is 5.50. The summed E-state index contributed by atoms with van der Waals surface area (Å²) in [5.41, 5.74) is 2.56. The van der Waals surface area contributed by atoms with E-state index >= 15 is 0 Å². The van der Waals surface area contributed by atoms with Gasteiger partial charge in [-0.15, -0.1) is 0 Å². The lowest BCUT2D eigenvalue weighted by molar-refractivity contribution is 0.306. The Balaban J connectivity index is 1.66. The minimum atomic E-state index is 0.447. The molecule has 0 fully saturated rings. The molecule has 2 aromatic carbocycles. The van der Waals surface area contributed by atoms with Crippen LogP contribution >= 0.6 is 0 Å². The minimum absolute atomic E-state index is 0.447. The molecule has 2 nitrogen and oxygen atoms in total. The van der Waals surface area contributed by atoms with Crippen molar-refractivity contribution in [2.24, 2.45) is 0 Å². The van der Waals surface area contributed by atoms with E-state index < -0.39 is 0 Å². The third kappa shape index (κ3) is 5.74. The average molecular weight is 295 g/mol. The first-order valence-electron chi connectivity index (χ1n) is 7.91. The van der Waals surface area contributed by atoms with E-state index in [2.05, 4.69) is 60.8 Å². The van der Waals surface area contributed by atoms with Crippen molar-refractivity contribution < 1.29 is 4.74 Å². The second-order valence-corrected chi connectivity index (χ2v) is 5.46. The first-order chi connectivity index (χ1) is 10.8. The van der Waals surface area contributed by atoms with Crippen LogP contribution in [-0.2, 0) is 6.42 Å². The summed E-state index contributed by atoms with van der Waals surface area (Å²) in [6.07, 6.45) is 5.16. The number of hydrogen-bond donors (Lipinski definition) is 1. The van der Waals surface area contributed by atoms with Crippen molar-refractivity contribution in [3.05, 3.63) is 71.8 Å². The Morgan fingerprint density at radius 1 is 1.05 bits per heavy atom. The number of hydrogen-bond acceptors (Lipinski definition) is 2. The molecule has 0 heterocycles. The number of ether oxygens (including phenoxy) is 1.